The van der Waals surface area contributed by atoms with E-state index in [1.54, 1.807) is 6.33 Å². The Balaban J connectivity index is 2.04. The first-order chi connectivity index (χ1) is 7.68. The van der Waals surface area contributed by atoms with Gasteiger partial charge in [0.15, 0.2) is 0 Å². The van der Waals surface area contributed by atoms with Crippen LogP contribution in [0.3, 0.4) is 0 Å². The second-order valence-electron chi connectivity index (χ2n) is 4.56. The van der Waals surface area contributed by atoms with E-state index in [-0.39, 0.29) is 0 Å². The van der Waals surface area contributed by atoms with Crippen LogP contribution in [0, 0.1) is 5.92 Å². The van der Waals surface area contributed by atoms with E-state index < -0.39 is 0 Å². The van der Waals surface area contributed by atoms with Crippen LogP contribution in [0.25, 0.3) is 0 Å². The van der Waals surface area contributed by atoms with Gasteiger partial charge in [0, 0.05) is 29.8 Å². The van der Waals surface area contributed by atoms with Crippen molar-refractivity contribution >= 4 is 15.9 Å². The summed E-state index contributed by atoms with van der Waals surface area (Å²) in [5, 5.41) is 4.26. The molecule has 1 aliphatic rings. The fourth-order valence-corrected chi connectivity index (χ4v) is 2.57. The summed E-state index contributed by atoms with van der Waals surface area (Å²) in [6, 6.07) is 0.371. The third-order valence-corrected chi connectivity index (χ3v) is 4.17. The fraction of sp³-hybridized carbons (Fsp3) is 0.818. The molecule has 2 atom stereocenters. The summed E-state index contributed by atoms with van der Waals surface area (Å²) in [7, 11) is 0. The summed E-state index contributed by atoms with van der Waals surface area (Å²) in [5.74, 6) is 1.57. The molecule has 2 heterocycles. The van der Waals surface area contributed by atoms with Crippen molar-refractivity contribution in [3.8, 4) is 0 Å². The third-order valence-electron chi connectivity index (χ3n) is 2.96. The molecule has 1 aliphatic heterocycles. The van der Waals surface area contributed by atoms with Gasteiger partial charge >= 0.3 is 0 Å². The van der Waals surface area contributed by atoms with Crippen molar-refractivity contribution in [2.45, 2.75) is 37.6 Å². The predicted octanol–water partition coefficient (Wildman–Crippen LogP) is 2.20. The van der Waals surface area contributed by atoms with Crippen molar-refractivity contribution in [2.75, 3.05) is 13.2 Å². The highest BCUT2D eigenvalue weighted by molar-refractivity contribution is 9.09. The minimum Gasteiger partial charge on any atom is -0.381 e. The zero-order chi connectivity index (χ0) is 11.5. The van der Waals surface area contributed by atoms with E-state index in [1.807, 2.05) is 4.68 Å². The van der Waals surface area contributed by atoms with E-state index in [0.717, 1.165) is 31.9 Å². The van der Waals surface area contributed by atoms with Crippen molar-refractivity contribution in [1.29, 1.82) is 0 Å². The summed E-state index contributed by atoms with van der Waals surface area (Å²) >= 11 is 3.72. The molecular weight excluding hydrogens is 270 g/mol. The molecule has 1 fully saturated rings. The molecule has 16 heavy (non-hydrogen) atoms. The zero-order valence-corrected chi connectivity index (χ0v) is 11.4. The molecule has 1 saturated heterocycles. The maximum Gasteiger partial charge on any atom is 0.138 e. The van der Waals surface area contributed by atoms with Crippen molar-refractivity contribution in [1.82, 2.24) is 14.8 Å². The summed E-state index contributed by atoms with van der Waals surface area (Å²) < 4.78 is 7.51. The first kappa shape index (κ1) is 12.0. The molecule has 1 aromatic heterocycles. The van der Waals surface area contributed by atoms with Gasteiger partial charge in [-0.1, -0.05) is 15.9 Å². The summed E-state index contributed by atoms with van der Waals surface area (Å²) in [6.07, 6.45) is 3.66. The van der Waals surface area contributed by atoms with E-state index in [2.05, 4.69) is 39.9 Å². The first-order valence-corrected chi connectivity index (χ1v) is 6.70. The summed E-state index contributed by atoms with van der Waals surface area (Å²) in [4.78, 5) is 4.88. The van der Waals surface area contributed by atoms with Crippen LogP contribution in [-0.4, -0.2) is 32.8 Å². The number of alkyl halides is 1. The van der Waals surface area contributed by atoms with Gasteiger partial charge in [0.05, 0.1) is 6.61 Å². The Hall–Kier alpha value is -0.420. The van der Waals surface area contributed by atoms with Gasteiger partial charge in [-0.25, -0.2) is 9.67 Å². The predicted molar refractivity (Wildman–Crippen MR) is 65.8 cm³/mol. The van der Waals surface area contributed by atoms with Gasteiger partial charge in [-0.15, -0.1) is 0 Å². The lowest BCUT2D eigenvalue weighted by Crippen LogP contribution is -2.30. The molecule has 0 saturated carbocycles. The average Bonchev–Trinajstić information content (AvgIpc) is 2.69. The van der Waals surface area contributed by atoms with Crippen LogP contribution in [0.5, 0.6) is 0 Å². The summed E-state index contributed by atoms with van der Waals surface area (Å²) in [6.45, 7) is 5.94. The molecule has 0 spiro atoms. The highest BCUT2D eigenvalue weighted by Crippen LogP contribution is 2.25. The van der Waals surface area contributed by atoms with Crippen molar-refractivity contribution < 1.29 is 4.74 Å². The van der Waals surface area contributed by atoms with Crippen molar-refractivity contribution in [2.24, 2.45) is 5.92 Å². The Morgan fingerprint density at radius 2 is 2.44 bits per heavy atom. The lowest BCUT2D eigenvalue weighted by molar-refractivity contribution is 0.0593. The molecule has 4 nitrogen and oxygen atoms in total. The standard InChI is InChI=1S/C11H18BrN3O/c1-8(2)15-11(13-7-14-15)5-9-6-16-4-3-10(9)12/h7-10H,3-6H2,1-2H3. The minimum atomic E-state index is 0.371. The number of hydrogen-bond acceptors (Lipinski definition) is 3. The minimum absolute atomic E-state index is 0.371. The van der Waals surface area contributed by atoms with Gasteiger partial charge in [0.2, 0.25) is 0 Å². The van der Waals surface area contributed by atoms with Gasteiger partial charge in [-0.05, 0) is 20.3 Å². The van der Waals surface area contributed by atoms with Crippen LogP contribution in [0.15, 0.2) is 6.33 Å². The number of rotatable bonds is 3. The number of hydrogen-bond donors (Lipinski definition) is 0. The molecule has 2 unspecified atom stereocenters. The van der Waals surface area contributed by atoms with E-state index in [9.17, 15) is 0 Å². The van der Waals surface area contributed by atoms with E-state index in [0.29, 0.717) is 16.8 Å². The highest BCUT2D eigenvalue weighted by atomic mass is 79.9. The van der Waals surface area contributed by atoms with Crippen LogP contribution < -0.4 is 0 Å². The van der Waals surface area contributed by atoms with Crippen LogP contribution >= 0.6 is 15.9 Å². The van der Waals surface area contributed by atoms with E-state index in [1.165, 1.54) is 0 Å². The number of halogens is 1. The molecule has 2 rings (SSSR count). The van der Waals surface area contributed by atoms with Crippen LogP contribution in [-0.2, 0) is 11.2 Å². The Morgan fingerprint density at radius 3 is 3.12 bits per heavy atom. The Labute approximate surface area is 105 Å². The zero-order valence-electron chi connectivity index (χ0n) is 9.77. The van der Waals surface area contributed by atoms with Crippen LogP contribution in [0.4, 0.5) is 0 Å². The van der Waals surface area contributed by atoms with Gasteiger partial charge in [0.1, 0.15) is 12.2 Å². The molecular formula is C11H18BrN3O. The lowest BCUT2D eigenvalue weighted by atomic mass is 9.98. The van der Waals surface area contributed by atoms with Gasteiger partial charge in [0.25, 0.3) is 0 Å². The van der Waals surface area contributed by atoms with Gasteiger partial charge < -0.3 is 4.74 Å². The Bertz CT molecular complexity index is 340. The Kier molecular flexibility index (Phi) is 3.97. The first-order valence-electron chi connectivity index (χ1n) is 5.78. The fourth-order valence-electron chi connectivity index (χ4n) is 2.04. The molecule has 5 heteroatoms. The van der Waals surface area contributed by atoms with Crippen LogP contribution in [0.1, 0.15) is 32.1 Å². The monoisotopic (exact) mass is 287 g/mol. The van der Waals surface area contributed by atoms with Crippen LogP contribution in [0.2, 0.25) is 0 Å². The SMILES string of the molecule is CC(C)n1ncnc1CC1COCCC1Br. The molecule has 0 aromatic carbocycles. The van der Waals surface area contributed by atoms with Crippen molar-refractivity contribution in [3.05, 3.63) is 12.2 Å². The maximum absolute atomic E-state index is 5.51. The van der Waals surface area contributed by atoms with E-state index in [4.69, 9.17) is 4.74 Å². The molecule has 90 valence electrons. The number of nitrogens with zero attached hydrogens (tertiary/aromatic N) is 3. The molecule has 0 N–H and O–H groups in total. The number of aromatic nitrogens is 3. The van der Waals surface area contributed by atoms with Gasteiger partial charge in [-0.2, -0.15) is 5.10 Å². The largest absolute Gasteiger partial charge is 0.381 e. The second kappa shape index (κ2) is 5.27. The second-order valence-corrected chi connectivity index (χ2v) is 5.73. The van der Waals surface area contributed by atoms with E-state index >= 15 is 0 Å². The molecule has 0 radical (unpaired) electrons. The smallest absolute Gasteiger partial charge is 0.138 e. The lowest BCUT2D eigenvalue weighted by Gasteiger charge is -2.27. The topological polar surface area (TPSA) is 39.9 Å². The molecule has 0 amide bonds. The summed E-state index contributed by atoms with van der Waals surface area (Å²) in [5.41, 5.74) is 0. The molecule has 0 bridgehead atoms. The average molecular weight is 288 g/mol. The Morgan fingerprint density at radius 1 is 1.62 bits per heavy atom. The molecule has 0 aliphatic carbocycles. The van der Waals surface area contributed by atoms with Gasteiger partial charge in [-0.3, -0.25) is 0 Å². The quantitative estimate of drug-likeness (QED) is 0.801. The molecule has 1 aromatic rings. The third kappa shape index (κ3) is 2.63. The van der Waals surface area contributed by atoms with Crippen molar-refractivity contribution in [3.63, 3.8) is 0 Å². The maximum atomic E-state index is 5.51. The normalized spacial score (nSPS) is 26.2. The number of ether oxygens (including phenoxy) is 1. The highest BCUT2D eigenvalue weighted by Gasteiger charge is 2.25.